The molecule has 1 amide bonds. The number of ether oxygens (including phenoxy) is 1. The smallest absolute Gasteiger partial charge is 0.339 e. The maximum Gasteiger partial charge on any atom is 0.339 e. The summed E-state index contributed by atoms with van der Waals surface area (Å²) < 4.78 is 20.2. The van der Waals surface area contributed by atoms with Gasteiger partial charge in [0.25, 0.3) is 0 Å². The molecule has 0 bridgehead atoms. The Labute approximate surface area is 165 Å². The molecule has 148 valence electrons. The highest BCUT2D eigenvalue weighted by Crippen LogP contribution is 2.43. The molecular weight excluding hydrogens is 379 g/mol. The first-order chi connectivity index (χ1) is 13.9. The Balaban J connectivity index is 1.95. The Morgan fingerprint density at radius 1 is 1.24 bits per heavy atom. The molecule has 1 aliphatic heterocycles. The molecule has 1 aliphatic rings. The molecular formula is C21H17FN2O5. The predicted octanol–water partition coefficient (Wildman–Crippen LogP) is 3.50. The fourth-order valence-corrected chi connectivity index (χ4v) is 3.63. The van der Waals surface area contributed by atoms with Gasteiger partial charge in [0.15, 0.2) is 11.5 Å². The number of aromatic carboxylic acids is 1. The fourth-order valence-electron chi connectivity index (χ4n) is 3.63. The van der Waals surface area contributed by atoms with Crippen molar-refractivity contribution in [3.63, 3.8) is 0 Å². The first-order valence-electron chi connectivity index (χ1n) is 8.80. The number of carboxylic acids is 1. The van der Waals surface area contributed by atoms with Crippen molar-refractivity contribution in [2.45, 2.75) is 12.3 Å². The van der Waals surface area contributed by atoms with Crippen LogP contribution < -0.4 is 10.1 Å². The lowest BCUT2D eigenvalue weighted by Crippen LogP contribution is -2.25. The van der Waals surface area contributed by atoms with E-state index in [9.17, 15) is 24.2 Å². The molecule has 29 heavy (non-hydrogen) atoms. The normalized spacial score (nSPS) is 15.5. The highest BCUT2D eigenvalue weighted by Gasteiger charge is 2.34. The van der Waals surface area contributed by atoms with Crippen LogP contribution in [0.5, 0.6) is 11.5 Å². The van der Waals surface area contributed by atoms with E-state index < -0.39 is 17.7 Å². The third-order valence-corrected chi connectivity index (χ3v) is 4.97. The number of phenols is 1. The van der Waals surface area contributed by atoms with Crippen molar-refractivity contribution < 1.29 is 28.9 Å². The lowest BCUT2D eigenvalue weighted by molar-refractivity contribution is -0.116. The van der Waals surface area contributed by atoms with Crippen LogP contribution in [0.2, 0.25) is 0 Å². The maximum atomic E-state index is 13.4. The van der Waals surface area contributed by atoms with E-state index in [1.54, 1.807) is 16.7 Å². The molecule has 0 radical (unpaired) electrons. The van der Waals surface area contributed by atoms with Crippen molar-refractivity contribution >= 4 is 17.6 Å². The minimum atomic E-state index is -1.19. The summed E-state index contributed by atoms with van der Waals surface area (Å²) in [4.78, 5) is 24.1. The van der Waals surface area contributed by atoms with E-state index in [2.05, 4.69) is 5.32 Å². The van der Waals surface area contributed by atoms with Crippen molar-refractivity contribution in [3.05, 3.63) is 71.3 Å². The highest BCUT2D eigenvalue weighted by molar-refractivity contribution is 6.04. The Morgan fingerprint density at radius 3 is 2.62 bits per heavy atom. The summed E-state index contributed by atoms with van der Waals surface area (Å²) in [6, 6.07) is 10.4. The molecule has 1 aromatic heterocycles. The summed E-state index contributed by atoms with van der Waals surface area (Å²) in [5, 5.41) is 22.2. The minimum Gasteiger partial charge on any atom is -0.504 e. The molecule has 0 aliphatic carbocycles. The number of anilines is 1. The van der Waals surface area contributed by atoms with Gasteiger partial charge in [-0.15, -0.1) is 0 Å². The molecule has 1 unspecified atom stereocenters. The van der Waals surface area contributed by atoms with Gasteiger partial charge in [-0.2, -0.15) is 0 Å². The number of nitrogens with one attached hydrogen (secondary N) is 1. The van der Waals surface area contributed by atoms with Crippen molar-refractivity contribution in [2.24, 2.45) is 0 Å². The van der Waals surface area contributed by atoms with Gasteiger partial charge in [0, 0.05) is 24.2 Å². The Kier molecular flexibility index (Phi) is 4.46. The maximum absolute atomic E-state index is 13.4. The van der Waals surface area contributed by atoms with Gasteiger partial charge in [-0.05, 0) is 42.0 Å². The monoisotopic (exact) mass is 396 g/mol. The molecule has 1 atom stereocenters. The standard InChI is InChI=1S/C21H17FN2O5/c1-29-17-8-11(2-7-16(17)25)14-9-18(26)23-19-15(21(27)28)10-24(20(14)19)13-5-3-12(22)4-6-13/h2-8,10,14,25H,9H2,1H3,(H,23,26)(H,27,28). The number of aromatic hydroxyl groups is 1. The van der Waals surface area contributed by atoms with E-state index >= 15 is 0 Å². The van der Waals surface area contributed by atoms with Gasteiger partial charge in [0.2, 0.25) is 5.91 Å². The third kappa shape index (κ3) is 3.18. The van der Waals surface area contributed by atoms with Crippen molar-refractivity contribution in [1.82, 2.24) is 4.57 Å². The molecule has 7 nitrogen and oxygen atoms in total. The number of nitrogens with zero attached hydrogens (tertiary/aromatic N) is 1. The highest BCUT2D eigenvalue weighted by atomic mass is 19.1. The third-order valence-electron chi connectivity index (χ3n) is 4.97. The second-order valence-electron chi connectivity index (χ2n) is 6.69. The van der Waals surface area contributed by atoms with Gasteiger partial charge >= 0.3 is 5.97 Å². The molecule has 0 spiro atoms. The first kappa shape index (κ1) is 18.5. The summed E-state index contributed by atoms with van der Waals surface area (Å²) >= 11 is 0. The molecule has 0 saturated carbocycles. The van der Waals surface area contributed by atoms with Crippen molar-refractivity contribution in [3.8, 4) is 17.2 Å². The van der Waals surface area contributed by atoms with E-state index in [0.717, 1.165) is 0 Å². The van der Waals surface area contributed by atoms with Crippen LogP contribution in [0.4, 0.5) is 10.1 Å². The van der Waals surface area contributed by atoms with Crippen molar-refractivity contribution in [1.29, 1.82) is 0 Å². The SMILES string of the molecule is COc1cc(C2CC(=O)Nc3c(C(=O)O)cn(-c4ccc(F)cc4)c32)ccc1O. The number of hydrogen-bond acceptors (Lipinski definition) is 4. The summed E-state index contributed by atoms with van der Waals surface area (Å²) in [7, 11) is 1.42. The molecule has 2 aromatic carbocycles. The molecule has 8 heteroatoms. The van der Waals surface area contributed by atoms with E-state index in [0.29, 0.717) is 16.9 Å². The number of phenolic OH excluding ortho intramolecular Hbond substituents is 1. The molecule has 3 aromatic rings. The predicted molar refractivity (Wildman–Crippen MR) is 102 cm³/mol. The van der Waals surface area contributed by atoms with Gasteiger partial charge in [-0.3, -0.25) is 4.79 Å². The molecule has 0 saturated heterocycles. The topological polar surface area (TPSA) is 101 Å². The van der Waals surface area contributed by atoms with Gasteiger partial charge < -0.3 is 24.8 Å². The molecule has 0 fully saturated rings. The largest absolute Gasteiger partial charge is 0.504 e. The Hall–Kier alpha value is -3.81. The lowest BCUT2D eigenvalue weighted by atomic mass is 9.88. The number of methoxy groups -OCH3 is 1. The molecule has 3 N–H and O–H groups in total. The van der Waals surface area contributed by atoms with Gasteiger partial charge in [-0.1, -0.05) is 6.07 Å². The van der Waals surface area contributed by atoms with E-state index in [-0.39, 0.29) is 35.1 Å². The zero-order valence-electron chi connectivity index (χ0n) is 15.3. The average molecular weight is 396 g/mol. The van der Waals surface area contributed by atoms with Crippen LogP contribution in [-0.4, -0.2) is 33.8 Å². The number of rotatable bonds is 4. The van der Waals surface area contributed by atoms with Gasteiger partial charge in [0.1, 0.15) is 11.4 Å². The summed E-state index contributed by atoms with van der Waals surface area (Å²) in [5.74, 6) is -2.22. The average Bonchev–Trinajstić information content (AvgIpc) is 3.08. The minimum absolute atomic E-state index is 0.0446. The van der Waals surface area contributed by atoms with E-state index in [4.69, 9.17) is 4.74 Å². The number of carbonyl (C=O) groups is 2. The Morgan fingerprint density at radius 2 is 1.97 bits per heavy atom. The van der Waals surface area contributed by atoms with Crippen LogP contribution in [-0.2, 0) is 4.79 Å². The van der Waals surface area contributed by atoms with E-state index in [1.165, 1.54) is 43.6 Å². The van der Waals surface area contributed by atoms with Crippen LogP contribution in [0.3, 0.4) is 0 Å². The number of amides is 1. The zero-order chi connectivity index (χ0) is 20.7. The van der Waals surface area contributed by atoms with Crippen molar-refractivity contribution in [2.75, 3.05) is 12.4 Å². The quantitative estimate of drug-likeness (QED) is 0.627. The lowest BCUT2D eigenvalue weighted by Gasteiger charge is -2.26. The number of hydrogen-bond donors (Lipinski definition) is 3. The number of benzene rings is 2. The van der Waals surface area contributed by atoms with Crippen LogP contribution in [0.1, 0.15) is 34.0 Å². The second kappa shape index (κ2) is 6.97. The number of aromatic nitrogens is 1. The molecule has 2 heterocycles. The second-order valence-corrected chi connectivity index (χ2v) is 6.69. The van der Waals surface area contributed by atoms with Crippen LogP contribution in [0, 0.1) is 5.82 Å². The number of carboxylic acid groups (broad SMARTS) is 1. The van der Waals surface area contributed by atoms with Crippen LogP contribution >= 0.6 is 0 Å². The van der Waals surface area contributed by atoms with Gasteiger partial charge in [0.05, 0.1) is 18.5 Å². The number of halogens is 1. The Bertz CT molecular complexity index is 1120. The van der Waals surface area contributed by atoms with Gasteiger partial charge in [-0.25, -0.2) is 9.18 Å². The van der Waals surface area contributed by atoms with Crippen LogP contribution in [0.25, 0.3) is 5.69 Å². The number of fused-ring (bicyclic) bond motifs is 1. The van der Waals surface area contributed by atoms with Crippen LogP contribution in [0.15, 0.2) is 48.7 Å². The number of carbonyl (C=O) groups excluding carboxylic acids is 1. The summed E-state index contributed by atoms with van der Waals surface area (Å²) in [5.41, 5.74) is 1.93. The zero-order valence-corrected chi connectivity index (χ0v) is 15.3. The fraction of sp³-hybridized carbons (Fsp3) is 0.143. The summed E-state index contributed by atoms with van der Waals surface area (Å²) in [6.07, 6.45) is 1.49. The molecule has 4 rings (SSSR count). The van der Waals surface area contributed by atoms with E-state index in [1.807, 2.05) is 0 Å². The summed E-state index contributed by atoms with van der Waals surface area (Å²) in [6.45, 7) is 0. The first-order valence-corrected chi connectivity index (χ1v) is 8.80.